The number of nitrogen functional groups attached to an aromatic ring is 1. The first kappa shape index (κ1) is 12.0. The quantitative estimate of drug-likeness (QED) is 0.835. The summed E-state index contributed by atoms with van der Waals surface area (Å²) in [6.45, 7) is 0.801. The van der Waals surface area contributed by atoms with Crippen molar-refractivity contribution in [3.63, 3.8) is 0 Å². The van der Waals surface area contributed by atoms with Crippen molar-refractivity contribution < 1.29 is 0 Å². The number of nitriles is 1. The van der Waals surface area contributed by atoms with Gasteiger partial charge in [0.05, 0.1) is 5.56 Å². The number of hydrogen-bond donors (Lipinski definition) is 1. The van der Waals surface area contributed by atoms with E-state index >= 15 is 0 Å². The molecule has 2 rings (SSSR count). The molecule has 18 heavy (non-hydrogen) atoms. The Morgan fingerprint density at radius 2 is 1.89 bits per heavy atom. The molecule has 3 heteroatoms. The molecule has 0 aromatic heterocycles. The van der Waals surface area contributed by atoms with Crippen LogP contribution in [0.3, 0.4) is 0 Å². The van der Waals surface area contributed by atoms with E-state index in [-0.39, 0.29) is 0 Å². The third-order valence-electron chi connectivity index (χ3n) is 2.86. The molecule has 0 fully saturated rings. The molecule has 3 nitrogen and oxygen atoms in total. The van der Waals surface area contributed by atoms with Gasteiger partial charge in [0.2, 0.25) is 0 Å². The lowest BCUT2D eigenvalue weighted by atomic mass is 10.1. The van der Waals surface area contributed by atoms with E-state index in [1.807, 2.05) is 37.4 Å². The summed E-state index contributed by atoms with van der Waals surface area (Å²) in [5.41, 5.74) is 8.98. The lowest BCUT2D eigenvalue weighted by Gasteiger charge is -2.20. The summed E-state index contributed by atoms with van der Waals surface area (Å²) in [6.07, 6.45) is 0. The maximum atomic E-state index is 8.97. The molecule has 0 bridgehead atoms. The SMILES string of the molecule is CN(Cc1ccccc1)c1ccc(N)c(C#N)c1. The fraction of sp³-hybridized carbons (Fsp3) is 0.133. The van der Waals surface area contributed by atoms with Crippen molar-refractivity contribution in [3.8, 4) is 6.07 Å². The van der Waals surface area contributed by atoms with E-state index in [4.69, 9.17) is 11.0 Å². The van der Waals surface area contributed by atoms with E-state index in [0.717, 1.165) is 12.2 Å². The summed E-state index contributed by atoms with van der Waals surface area (Å²) in [5, 5.41) is 8.97. The van der Waals surface area contributed by atoms with Crippen LogP contribution in [-0.4, -0.2) is 7.05 Å². The molecular formula is C15H15N3. The van der Waals surface area contributed by atoms with Crippen LogP contribution in [0.5, 0.6) is 0 Å². The normalized spacial score (nSPS) is 9.78. The molecule has 0 heterocycles. The smallest absolute Gasteiger partial charge is 0.101 e. The zero-order valence-corrected chi connectivity index (χ0v) is 10.3. The molecule has 0 unspecified atom stereocenters. The van der Waals surface area contributed by atoms with E-state index in [0.29, 0.717) is 11.3 Å². The Balaban J connectivity index is 2.19. The van der Waals surface area contributed by atoms with Crippen molar-refractivity contribution in [1.29, 1.82) is 5.26 Å². The largest absolute Gasteiger partial charge is 0.398 e. The molecule has 0 saturated heterocycles. The summed E-state index contributed by atoms with van der Waals surface area (Å²) in [6, 6.07) is 17.8. The topological polar surface area (TPSA) is 53.0 Å². The minimum absolute atomic E-state index is 0.521. The average molecular weight is 237 g/mol. The van der Waals surface area contributed by atoms with Crippen LogP contribution >= 0.6 is 0 Å². The Morgan fingerprint density at radius 1 is 1.17 bits per heavy atom. The highest BCUT2D eigenvalue weighted by Crippen LogP contribution is 2.21. The van der Waals surface area contributed by atoms with Gasteiger partial charge < -0.3 is 10.6 Å². The average Bonchev–Trinajstić information content (AvgIpc) is 2.40. The van der Waals surface area contributed by atoms with Gasteiger partial charge >= 0.3 is 0 Å². The summed E-state index contributed by atoms with van der Waals surface area (Å²) in [4.78, 5) is 2.09. The lowest BCUT2D eigenvalue weighted by Crippen LogP contribution is -2.16. The number of nitrogens with two attached hydrogens (primary N) is 1. The number of hydrogen-bond acceptors (Lipinski definition) is 3. The highest BCUT2D eigenvalue weighted by atomic mass is 15.1. The second-order valence-electron chi connectivity index (χ2n) is 4.23. The third-order valence-corrected chi connectivity index (χ3v) is 2.86. The zero-order valence-electron chi connectivity index (χ0n) is 10.3. The van der Waals surface area contributed by atoms with E-state index in [2.05, 4.69) is 23.1 Å². The maximum absolute atomic E-state index is 8.97. The van der Waals surface area contributed by atoms with Crippen LogP contribution in [0, 0.1) is 11.3 Å². The second kappa shape index (κ2) is 5.24. The predicted molar refractivity (Wildman–Crippen MR) is 74.1 cm³/mol. The van der Waals surface area contributed by atoms with Crippen LogP contribution in [-0.2, 0) is 6.54 Å². The van der Waals surface area contributed by atoms with Crippen molar-refractivity contribution in [2.24, 2.45) is 0 Å². The minimum Gasteiger partial charge on any atom is -0.398 e. The standard InChI is InChI=1S/C15H15N3/c1-18(11-12-5-3-2-4-6-12)14-7-8-15(17)13(9-14)10-16/h2-9H,11,17H2,1H3. The number of anilines is 2. The Bertz CT molecular complexity index is 570. The summed E-state index contributed by atoms with van der Waals surface area (Å²) in [5.74, 6) is 0. The molecule has 0 atom stereocenters. The molecule has 90 valence electrons. The van der Waals surface area contributed by atoms with Crippen molar-refractivity contribution in [2.75, 3.05) is 17.7 Å². The van der Waals surface area contributed by atoms with Crippen LogP contribution in [0.15, 0.2) is 48.5 Å². The monoisotopic (exact) mass is 237 g/mol. The van der Waals surface area contributed by atoms with Crippen LogP contribution in [0.1, 0.15) is 11.1 Å². The van der Waals surface area contributed by atoms with Gasteiger partial charge in [-0.2, -0.15) is 5.26 Å². The molecule has 0 amide bonds. The fourth-order valence-electron chi connectivity index (χ4n) is 1.83. The molecular weight excluding hydrogens is 222 g/mol. The van der Waals surface area contributed by atoms with Crippen molar-refractivity contribution in [1.82, 2.24) is 0 Å². The van der Waals surface area contributed by atoms with Gasteiger partial charge in [0, 0.05) is 25.0 Å². The number of nitrogens with zero attached hydrogens (tertiary/aromatic N) is 2. The maximum Gasteiger partial charge on any atom is 0.101 e. The zero-order chi connectivity index (χ0) is 13.0. The van der Waals surface area contributed by atoms with Crippen molar-refractivity contribution >= 4 is 11.4 Å². The van der Waals surface area contributed by atoms with E-state index in [1.54, 1.807) is 6.07 Å². The van der Waals surface area contributed by atoms with Gasteiger partial charge in [-0.3, -0.25) is 0 Å². The van der Waals surface area contributed by atoms with E-state index in [1.165, 1.54) is 5.56 Å². The van der Waals surface area contributed by atoms with Crippen LogP contribution in [0.25, 0.3) is 0 Å². The van der Waals surface area contributed by atoms with Gasteiger partial charge in [-0.05, 0) is 23.8 Å². The number of benzene rings is 2. The number of rotatable bonds is 3. The first-order chi connectivity index (χ1) is 8.70. The first-order valence-corrected chi connectivity index (χ1v) is 5.75. The molecule has 0 aliphatic heterocycles. The summed E-state index contributed by atoms with van der Waals surface area (Å²) in [7, 11) is 2.00. The Kier molecular flexibility index (Phi) is 3.49. The van der Waals surface area contributed by atoms with E-state index < -0.39 is 0 Å². The van der Waals surface area contributed by atoms with Crippen LogP contribution < -0.4 is 10.6 Å². The summed E-state index contributed by atoms with van der Waals surface area (Å²) >= 11 is 0. The van der Waals surface area contributed by atoms with Gasteiger partial charge in [0.1, 0.15) is 6.07 Å². The van der Waals surface area contributed by atoms with Crippen LogP contribution in [0.2, 0.25) is 0 Å². The van der Waals surface area contributed by atoms with Gasteiger partial charge in [-0.15, -0.1) is 0 Å². The van der Waals surface area contributed by atoms with Gasteiger partial charge in [-0.1, -0.05) is 30.3 Å². The first-order valence-electron chi connectivity index (χ1n) is 5.75. The molecule has 0 saturated carbocycles. The third kappa shape index (κ3) is 2.61. The predicted octanol–water partition coefficient (Wildman–Crippen LogP) is 2.78. The van der Waals surface area contributed by atoms with E-state index in [9.17, 15) is 0 Å². The lowest BCUT2D eigenvalue weighted by molar-refractivity contribution is 0.923. The van der Waals surface area contributed by atoms with Crippen LogP contribution in [0.4, 0.5) is 11.4 Å². The highest BCUT2D eigenvalue weighted by Gasteiger charge is 2.05. The van der Waals surface area contributed by atoms with Gasteiger partial charge in [-0.25, -0.2) is 0 Å². The molecule has 2 aromatic carbocycles. The highest BCUT2D eigenvalue weighted by molar-refractivity contribution is 5.62. The molecule has 0 aliphatic carbocycles. The van der Waals surface area contributed by atoms with Gasteiger partial charge in [0.15, 0.2) is 0 Å². The van der Waals surface area contributed by atoms with Crippen molar-refractivity contribution in [3.05, 3.63) is 59.7 Å². The Labute approximate surface area is 107 Å². The molecule has 2 N–H and O–H groups in total. The summed E-state index contributed by atoms with van der Waals surface area (Å²) < 4.78 is 0. The molecule has 0 spiro atoms. The van der Waals surface area contributed by atoms with Crippen molar-refractivity contribution in [2.45, 2.75) is 6.54 Å². The Hall–Kier alpha value is -2.47. The van der Waals surface area contributed by atoms with Gasteiger partial charge in [0.25, 0.3) is 0 Å². The molecule has 0 aliphatic rings. The minimum atomic E-state index is 0.521. The molecule has 0 radical (unpaired) electrons. The second-order valence-corrected chi connectivity index (χ2v) is 4.23. The molecule has 2 aromatic rings. The fourth-order valence-corrected chi connectivity index (χ4v) is 1.83. The Morgan fingerprint density at radius 3 is 2.56 bits per heavy atom.